The van der Waals surface area contributed by atoms with Crippen molar-refractivity contribution < 1.29 is 55.6 Å². The van der Waals surface area contributed by atoms with E-state index < -0.39 is 81.3 Å². The number of thioether (sulfide) groups is 1. The molecule has 1 unspecified atom stereocenters. The number of esters is 2. The molecule has 0 saturated carbocycles. The number of methoxy groups -OCH3 is 1. The molecule has 0 aliphatic carbocycles. The molecule has 2 rings (SSSR count). The predicted molar refractivity (Wildman–Crippen MR) is 135 cm³/mol. The summed E-state index contributed by atoms with van der Waals surface area (Å²) in [5.41, 5.74) is -1.30. The van der Waals surface area contributed by atoms with E-state index >= 15 is 0 Å². The largest absolute Gasteiger partial charge is 0.427 e. The monoisotopic (exact) mass is 593 g/mol. The number of ketones is 1. The van der Waals surface area contributed by atoms with Gasteiger partial charge in [-0.25, -0.2) is 4.79 Å². The average Bonchev–Trinajstić information content (AvgIpc) is 2.87. The number of rotatable bonds is 13. The Morgan fingerprint density at radius 1 is 1.15 bits per heavy atom. The maximum atomic E-state index is 13.0. The summed E-state index contributed by atoms with van der Waals surface area (Å²) in [6.07, 6.45) is 0. The highest BCUT2D eigenvalue weighted by atomic mass is 32.2. The molecule has 0 aromatic carbocycles. The highest BCUT2D eigenvalue weighted by Gasteiger charge is 2.55. The number of ether oxygens (including phenoxy) is 3. The smallest absolute Gasteiger partial charge is 0.358 e. The molecular weight excluding hydrogens is 562 g/mol. The second-order valence-electron chi connectivity index (χ2n) is 9.13. The fraction of sp³-hybridized carbons (Fsp3) is 0.636. The molecule has 2 aliphatic heterocycles. The molecule has 2 atom stereocenters. The third kappa shape index (κ3) is 8.00. The molecule has 0 spiro atoms. The molecule has 15 nitrogen and oxygen atoms in total. The van der Waals surface area contributed by atoms with Crippen LogP contribution in [-0.2, 0) is 57.3 Å². The van der Waals surface area contributed by atoms with Crippen molar-refractivity contribution in [3.05, 3.63) is 11.3 Å². The molecule has 0 aromatic heterocycles. The number of amides is 2. The number of β-lactam (4-membered cyclic amide) rings is 1. The van der Waals surface area contributed by atoms with Crippen molar-refractivity contribution in [2.45, 2.75) is 39.1 Å². The second kappa shape index (κ2) is 13.4. The molecule has 0 bridgehead atoms. The number of hydrogen-bond acceptors (Lipinski definition) is 14. The topological polar surface area (TPSA) is 193 Å². The summed E-state index contributed by atoms with van der Waals surface area (Å²) in [4.78, 5) is 68.6. The van der Waals surface area contributed by atoms with Gasteiger partial charge in [0.1, 0.15) is 30.8 Å². The molecule has 218 valence electrons. The molecule has 1 N–H and O–H groups in total. The van der Waals surface area contributed by atoms with E-state index in [0.29, 0.717) is 5.57 Å². The minimum Gasteiger partial charge on any atom is -0.427 e. The number of fused-ring (bicyclic) bond motifs is 1. The van der Waals surface area contributed by atoms with E-state index in [0.717, 1.165) is 12.0 Å². The Labute approximate surface area is 229 Å². The fourth-order valence-electron chi connectivity index (χ4n) is 3.19. The van der Waals surface area contributed by atoms with Gasteiger partial charge in [-0.1, -0.05) is 5.16 Å². The number of nitrogens with one attached hydrogen (secondary N) is 1. The van der Waals surface area contributed by atoms with Gasteiger partial charge >= 0.3 is 11.9 Å². The van der Waals surface area contributed by atoms with Crippen molar-refractivity contribution in [1.82, 2.24) is 10.2 Å². The van der Waals surface area contributed by atoms with Crippen LogP contribution in [0.1, 0.15) is 27.7 Å². The Bertz CT molecular complexity index is 1170. The summed E-state index contributed by atoms with van der Waals surface area (Å²) in [5.74, 6) is -4.58. The number of oxime groups is 1. The zero-order valence-corrected chi connectivity index (χ0v) is 23.9. The Hall–Kier alpha value is -3.02. The van der Waals surface area contributed by atoms with Crippen molar-refractivity contribution in [1.29, 1.82) is 0 Å². The minimum atomic E-state index is -3.97. The zero-order chi connectivity index (χ0) is 29.5. The first-order valence-corrected chi connectivity index (χ1v) is 14.1. The van der Waals surface area contributed by atoms with Crippen LogP contribution < -0.4 is 5.32 Å². The van der Waals surface area contributed by atoms with Gasteiger partial charge in [0.15, 0.2) is 0 Å². The summed E-state index contributed by atoms with van der Waals surface area (Å²) in [6, 6.07) is -1.16. The van der Waals surface area contributed by atoms with Gasteiger partial charge in [-0.05, 0) is 33.3 Å². The van der Waals surface area contributed by atoms with Crippen LogP contribution in [0.15, 0.2) is 16.4 Å². The Morgan fingerprint density at radius 3 is 2.38 bits per heavy atom. The van der Waals surface area contributed by atoms with Crippen LogP contribution in [0.2, 0.25) is 0 Å². The third-order valence-corrected chi connectivity index (χ3v) is 7.75. The SMILES string of the molecule is CCS(=O)(=O)OCC(=O)/C(=N/OC)C(=O)NC1C(=O)N2C(C(=O)OCOC(=O)C(C)(C)C)=C(COC)CS[C@H]12. The first kappa shape index (κ1) is 32.2. The van der Waals surface area contributed by atoms with Gasteiger partial charge in [0.05, 0.1) is 17.8 Å². The normalized spacial score (nSPS) is 19.6. The van der Waals surface area contributed by atoms with Gasteiger partial charge in [0.25, 0.3) is 21.9 Å². The van der Waals surface area contributed by atoms with Crippen LogP contribution in [0.5, 0.6) is 0 Å². The number of Topliss-reactive ketones (excluding diaryl/α,β-unsaturated/α-hetero) is 1. The second-order valence-corrected chi connectivity index (χ2v) is 12.2. The molecule has 17 heteroatoms. The lowest BCUT2D eigenvalue weighted by molar-refractivity contribution is -0.173. The molecule has 2 aliphatic rings. The highest BCUT2D eigenvalue weighted by molar-refractivity contribution is 8.00. The van der Waals surface area contributed by atoms with Gasteiger partial charge in [0.2, 0.25) is 18.3 Å². The average molecular weight is 594 g/mol. The summed E-state index contributed by atoms with van der Waals surface area (Å²) in [5, 5.41) is 4.95. The van der Waals surface area contributed by atoms with Crippen molar-refractivity contribution in [3.8, 4) is 0 Å². The molecule has 1 fully saturated rings. The molecular formula is C22H31N3O12S2. The van der Waals surface area contributed by atoms with E-state index in [9.17, 15) is 32.4 Å². The van der Waals surface area contributed by atoms with Crippen molar-refractivity contribution >= 4 is 57.1 Å². The van der Waals surface area contributed by atoms with Gasteiger partial charge in [-0.3, -0.25) is 28.3 Å². The molecule has 0 aromatic rings. The Kier molecular flexibility index (Phi) is 11.0. The van der Waals surface area contributed by atoms with Crippen LogP contribution in [0.25, 0.3) is 0 Å². The van der Waals surface area contributed by atoms with Crippen LogP contribution in [-0.4, -0.2) is 106 Å². The number of carbonyl (C=O) groups is 5. The van der Waals surface area contributed by atoms with Crippen molar-refractivity contribution in [2.75, 3.05) is 45.7 Å². The molecule has 2 heterocycles. The molecule has 1 saturated heterocycles. The van der Waals surface area contributed by atoms with Crippen molar-refractivity contribution in [2.24, 2.45) is 10.6 Å². The van der Waals surface area contributed by atoms with E-state index in [1.165, 1.54) is 25.8 Å². The number of carbonyl (C=O) groups excluding carboxylic acids is 5. The van der Waals surface area contributed by atoms with Crippen LogP contribution >= 0.6 is 11.8 Å². The summed E-state index contributed by atoms with van der Waals surface area (Å²) in [7, 11) is -1.50. The maximum absolute atomic E-state index is 13.0. The number of nitrogens with zero attached hydrogens (tertiary/aromatic N) is 2. The lowest BCUT2D eigenvalue weighted by Gasteiger charge is -2.49. The van der Waals surface area contributed by atoms with Crippen molar-refractivity contribution in [3.63, 3.8) is 0 Å². The zero-order valence-electron chi connectivity index (χ0n) is 22.3. The van der Waals surface area contributed by atoms with E-state index in [2.05, 4.69) is 19.5 Å². The standard InChI is InChI=1S/C22H31N3O12S2/c1-7-39(31,32)37-9-13(26)14(24-34-6)17(27)23-15-18(28)25-16(12(8-33-5)10-38-19(15)25)20(29)35-11-36-21(30)22(2,3)4/h15,19H,7-11H2,1-6H3,(H,23,27)/b24-14-/t15?,19-/m1/s1. The van der Waals surface area contributed by atoms with Gasteiger partial charge in [-0.2, -0.15) is 8.42 Å². The van der Waals surface area contributed by atoms with Gasteiger partial charge < -0.3 is 24.4 Å². The quantitative estimate of drug-likeness (QED) is 0.0537. The van der Waals surface area contributed by atoms with Crippen LogP contribution in [0.3, 0.4) is 0 Å². The Morgan fingerprint density at radius 2 is 1.82 bits per heavy atom. The lowest BCUT2D eigenvalue weighted by atomic mass is 9.98. The molecule has 0 radical (unpaired) electrons. The molecule has 2 amide bonds. The lowest BCUT2D eigenvalue weighted by Crippen LogP contribution is -2.71. The van der Waals surface area contributed by atoms with Crippen LogP contribution in [0, 0.1) is 5.41 Å². The first-order chi connectivity index (χ1) is 18.2. The van der Waals surface area contributed by atoms with Gasteiger partial charge in [0, 0.05) is 12.9 Å². The minimum absolute atomic E-state index is 0.00650. The summed E-state index contributed by atoms with van der Waals surface area (Å²) in [6.45, 7) is 4.53. The van der Waals surface area contributed by atoms with E-state index in [4.69, 9.17) is 14.2 Å². The third-order valence-electron chi connectivity index (χ3n) is 5.22. The van der Waals surface area contributed by atoms with Gasteiger partial charge in [-0.15, -0.1) is 11.8 Å². The van der Waals surface area contributed by atoms with E-state index in [-0.39, 0.29) is 18.1 Å². The fourth-order valence-corrected chi connectivity index (χ4v) is 4.97. The van der Waals surface area contributed by atoms with E-state index in [1.807, 2.05) is 0 Å². The molecule has 39 heavy (non-hydrogen) atoms. The van der Waals surface area contributed by atoms with Crippen LogP contribution in [0.4, 0.5) is 0 Å². The Balaban J connectivity index is 2.14. The summed E-state index contributed by atoms with van der Waals surface area (Å²) >= 11 is 1.22. The predicted octanol–water partition coefficient (Wildman–Crippen LogP) is -0.685. The summed E-state index contributed by atoms with van der Waals surface area (Å²) < 4.78 is 42.7. The van der Waals surface area contributed by atoms with E-state index in [1.54, 1.807) is 20.8 Å². The highest BCUT2D eigenvalue weighted by Crippen LogP contribution is 2.40. The first-order valence-electron chi connectivity index (χ1n) is 11.5. The maximum Gasteiger partial charge on any atom is 0.358 e. The number of hydrogen-bond donors (Lipinski definition) is 1.